The summed E-state index contributed by atoms with van der Waals surface area (Å²) in [5, 5.41) is 9.30. The van der Waals surface area contributed by atoms with Crippen LogP contribution in [-0.4, -0.2) is 68.4 Å². The molecule has 0 aliphatic heterocycles. The molecule has 0 heterocycles. The van der Waals surface area contributed by atoms with E-state index < -0.39 is 11.7 Å². The van der Waals surface area contributed by atoms with Crippen molar-refractivity contribution in [3.63, 3.8) is 0 Å². The van der Waals surface area contributed by atoms with Crippen molar-refractivity contribution in [3.8, 4) is 0 Å². The standard InChI is InChI=1S/C18H35N5O2/c1-18(2,3)25-17(24)22-10-9-20-16(19-4)21-11-12-23(15-7-8-15)13-14-5-6-14/h14-15H,5-13H2,1-4H3,(H,22,24)(H2,19,20,21). The predicted octanol–water partition coefficient (Wildman–Crippen LogP) is 1.55. The van der Waals surface area contributed by atoms with Crippen LogP contribution < -0.4 is 16.0 Å². The third kappa shape index (κ3) is 8.95. The van der Waals surface area contributed by atoms with E-state index in [1.54, 1.807) is 7.05 Å². The Morgan fingerprint density at radius 3 is 2.28 bits per heavy atom. The first-order valence-corrected chi connectivity index (χ1v) is 9.53. The third-order valence-electron chi connectivity index (χ3n) is 4.25. The molecule has 2 aliphatic carbocycles. The Morgan fingerprint density at radius 1 is 1.08 bits per heavy atom. The molecule has 0 aromatic heterocycles. The SMILES string of the molecule is CN=C(NCCNC(=O)OC(C)(C)C)NCCN(CC1CC1)C1CC1. The maximum Gasteiger partial charge on any atom is 0.407 e. The molecular weight excluding hydrogens is 318 g/mol. The smallest absolute Gasteiger partial charge is 0.407 e. The first-order chi connectivity index (χ1) is 11.9. The van der Waals surface area contributed by atoms with Gasteiger partial charge in [-0.2, -0.15) is 0 Å². The minimum atomic E-state index is -0.469. The first kappa shape index (κ1) is 19.8. The Kier molecular flexibility index (Phi) is 7.35. The first-order valence-electron chi connectivity index (χ1n) is 9.53. The molecule has 7 heteroatoms. The summed E-state index contributed by atoms with van der Waals surface area (Å²) in [6.07, 6.45) is 5.14. The molecule has 25 heavy (non-hydrogen) atoms. The number of guanidine groups is 1. The van der Waals surface area contributed by atoms with E-state index in [0.29, 0.717) is 13.1 Å². The second-order valence-electron chi connectivity index (χ2n) is 8.02. The van der Waals surface area contributed by atoms with Crippen LogP contribution in [0.25, 0.3) is 0 Å². The number of alkyl carbamates (subject to hydrolysis) is 1. The van der Waals surface area contributed by atoms with E-state index in [9.17, 15) is 4.79 Å². The summed E-state index contributed by atoms with van der Waals surface area (Å²) in [5.41, 5.74) is -0.469. The highest BCUT2D eigenvalue weighted by molar-refractivity contribution is 5.79. The summed E-state index contributed by atoms with van der Waals surface area (Å²) >= 11 is 0. The number of ether oxygens (including phenoxy) is 1. The van der Waals surface area contributed by atoms with Gasteiger partial charge in [0.1, 0.15) is 5.60 Å². The molecule has 0 unspecified atom stereocenters. The zero-order chi connectivity index (χ0) is 18.3. The van der Waals surface area contributed by atoms with Gasteiger partial charge in [-0.15, -0.1) is 0 Å². The molecule has 0 spiro atoms. The fraction of sp³-hybridized carbons (Fsp3) is 0.889. The highest BCUT2D eigenvalue weighted by Crippen LogP contribution is 2.34. The van der Waals surface area contributed by atoms with Crippen LogP contribution in [0.5, 0.6) is 0 Å². The molecule has 2 rings (SSSR count). The van der Waals surface area contributed by atoms with Gasteiger partial charge in [-0.05, 0) is 52.4 Å². The van der Waals surface area contributed by atoms with Gasteiger partial charge in [0.2, 0.25) is 0 Å². The summed E-state index contributed by atoms with van der Waals surface area (Å²) in [6, 6.07) is 0.815. The lowest BCUT2D eigenvalue weighted by Crippen LogP contribution is -2.45. The number of carbonyl (C=O) groups excluding carboxylic acids is 1. The lowest BCUT2D eigenvalue weighted by atomic mass is 10.2. The molecule has 7 nitrogen and oxygen atoms in total. The molecule has 0 saturated heterocycles. The minimum absolute atomic E-state index is 0.391. The Hall–Kier alpha value is -1.50. The molecule has 0 aromatic carbocycles. The van der Waals surface area contributed by atoms with Crippen molar-refractivity contribution in [3.05, 3.63) is 0 Å². The lowest BCUT2D eigenvalue weighted by molar-refractivity contribution is 0.0529. The number of hydrogen-bond acceptors (Lipinski definition) is 4. The Morgan fingerprint density at radius 2 is 1.72 bits per heavy atom. The lowest BCUT2D eigenvalue weighted by Gasteiger charge is -2.22. The van der Waals surface area contributed by atoms with Crippen molar-refractivity contribution in [2.45, 2.75) is 58.1 Å². The predicted molar refractivity (Wildman–Crippen MR) is 101 cm³/mol. The van der Waals surface area contributed by atoms with E-state index >= 15 is 0 Å². The van der Waals surface area contributed by atoms with Gasteiger partial charge < -0.3 is 20.7 Å². The molecule has 0 radical (unpaired) electrons. The van der Waals surface area contributed by atoms with Gasteiger partial charge in [0, 0.05) is 45.8 Å². The summed E-state index contributed by atoms with van der Waals surface area (Å²) in [5.74, 6) is 1.71. The second-order valence-corrected chi connectivity index (χ2v) is 8.02. The molecule has 1 amide bonds. The van der Waals surface area contributed by atoms with E-state index in [0.717, 1.165) is 31.0 Å². The molecule has 144 valence electrons. The fourth-order valence-corrected chi connectivity index (χ4v) is 2.69. The normalized spacial score (nSPS) is 18.2. The van der Waals surface area contributed by atoms with Crippen molar-refractivity contribution in [2.75, 3.05) is 39.8 Å². The molecule has 3 N–H and O–H groups in total. The average Bonchev–Trinajstić information content (AvgIpc) is 3.40. The van der Waals surface area contributed by atoms with Crippen LogP contribution in [0.1, 0.15) is 46.5 Å². The molecule has 0 bridgehead atoms. The Bertz CT molecular complexity index is 453. The number of hydrogen-bond donors (Lipinski definition) is 3. The summed E-state index contributed by atoms with van der Waals surface area (Å²) < 4.78 is 5.20. The third-order valence-corrected chi connectivity index (χ3v) is 4.25. The van der Waals surface area contributed by atoms with E-state index in [-0.39, 0.29) is 0 Å². The monoisotopic (exact) mass is 353 g/mol. The van der Waals surface area contributed by atoms with E-state index in [1.807, 2.05) is 20.8 Å². The van der Waals surface area contributed by atoms with Crippen LogP contribution in [0, 0.1) is 5.92 Å². The largest absolute Gasteiger partial charge is 0.444 e. The number of rotatable bonds is 9. The summed E-state index contributed by atoms with van der Waals surface area (Å²) in [7, 11) is 1.76. The number of aliphatic imine (C=N–C) groups is 1. The quantitative estimate of drug-likeness (QED) is 0.333. The average molecular weight is 354 g/mol. The van der Waals surface area contributed by atoms with Crippen molar-refractivity contribution >= 4 is 12.1 Å². The Labute approximate surface area is 152 Å². The summed E-state index contributed by atoms with van der Waals surface area (Å²) in [4.78, 5) is 18.4. The van der Waals surface area contributed by atoms with Gasteiger partial charge >= 0.3 is 6.09 Å². The summed E-state index contributed by atoms with van der Waals surface area (Å²) in [6.45, 7) is 9.87. The Balaban J connectivity index is 1.55. The molecular formula is C18H35N5O2. The van der Waals surface area contributed by atoms with Gasteiger partial charge in [-0.1, -0.05) is 0 Å². The number of nitrogens with zero attached hydrogens (tertiary/aromatic N) is 2. The van der Waals surface area contributed by atoms with Crippen LogP contribution in [-0.2, 0) is 4.74 Å². The van der Waals surface area contributed by atoms with Crippen molar-refractivity contribution in [1.82, 2.24) is 20.9 Å². The van der Waals surface area contributed by atoms with Gasteiger partial charge in [0.05, 0.1) is 0 Å². The zero-order valence-electron chi connectivity index (χ0n) is 16.2. The zero-order valence-corrected chi connectivity index (χ0v) is 16.2. The van der Waals surface area contributed by atoms with E-state index in [2.05, 4.69) is 25.8 Å². The number of carbonyl (C=O) groups is 1. The maximum atomic E-state index is 11.6. The van der Waals surface area contributed by atoms with Crippen LogP contribution in [0.3, 0.4) is 0 Å². The van der Waals surface area contributed by atoms with Gasteiger partial charge in [0.15, 0.2) is 5.96 Å². The topological polar surface area (TPSA) is 78.0 Å². The highest BCUT2D eigenvalue weighted by Gasteiger charge is 2.33. The number of amides is 1. The molecule has 2 fully saturated rings. The molecule has 0 atom stereocenters. The van der Waals surface area contributed by atoms with Crippen molar-refractivity contribution in [2.24, 2.45) is 10.9 Å². The number of nitrogens with one attached hydrogen (secondary N) is 3. The van der Waals surface area contributed by atoms with Gasteiger partial charge in [-0.3, -0.25) is 9.89 Å². The fourth-order valence-electron chi connectivity index (χ4n) is 2.69. The van der Waals surface area contributed by atoms with Gasteiger partial charge in [-0.25, -0.2) is 4.79 Å². The van der Waals surface area contributed by atoms with Crippen LogP contribution in [0.2, 0.25) is 0 Å². The molecule has 2 saturated carbocycles. The van der Waals surface area contributed by atoms with E-state index in [1.165, 1.54) is 32.2 Å². The minimum Gasteiger partial charge on any atom is -0.444 e. The van der Waals surface area contributed by atoms with Crippen molar-refractivity contribution < 1.29 is 9.53 Å². The van der Waals surface area contributed by atoms with E-state index in [4.69, 9.17) is 4.74 Å². The molecule has 2 aliphatic rings. The van der Waals surface area contributed by atoms with Crippen molar-refractivity contribution in [1.29, 1.82) is 0 Å². The highest BCUT2D eigenvalue weighted by atomic mass is 16.6. The van der Waals surface area contributed by atoms with Crippen LogP contribution >= 0.6 is 0 Å². The van der Waals surface area contributed by atoms with Crippen LogP contribution in [0.15, 0.2) is 4.99 Å². The molecule has 0 aromatic rings. The maximum absolute atomic E-state index is 11.6. The second kappa shape index (κ2) is 9.27. The van der Waals surface area contributed by atoms with Crippen LogP contribution in [0.4, 0.5) is 4.79 Å². The van der Waals surface area contributed by atoms with Gasteiger partial charge in [0.25, 0.3) is 0 Å².